The minimum absolute atomic E-state index is 0.293. The lowest BCUT2D eigenvalue weighted by molar-refractivity contribution is 0.603. The van der Waals surface area contributed by atoms with Crippen LogP contribution in [-0.4, -0.2) is 8.42 Å². The third-order valence-electron chi connectivity index (χ3n) is 2.65. The SMILES string of the molecule is O=S1(=O)Nc2ccc(F)cc2N1c1ccccc1. The van der Waals surface area contributed by atoms with E-state index in [2.05, 4.69) is 4.72 Å². The number of nitrogens with one attached hydrogen (secondary N) is 1. The first-order valence-electron chi connectivity index (χ1n) is 5.25. The van der Waals surface area contributed by atoms with E-state index >= 15 is 0 Å². The molecule has 0 saturated heterocycles. The zero-order valence-corrected chi connectivity index (χ0v) is 9.99. The molecular weight excluding hydrogens is 255 g/mol. The summed E-state index contributed by atoms with van der Waals surface area (Å²) in [7, 11) is -3.70. The van der Waals surface area contributed by atoms with Gasteiger partial charge in [-0.05, 0) is 24.3 Å². The van der Waals surface area contributed by atoms with Crippen LogP contribution in [0.15, 0.2) is 48.5 Å². The number of hydrogen-bond donors (Lipinski definition) is 1. The quantitative estimate of drug-likeness (QED) is 0.860. The Morgan fingerprint density at radius 3 is 2.50 bits per heavy atom. The van der Waals surface area contributed by atoms with Gasteiger partial charge in [0.1, 0.15) is 5.82 Å². The van der Waals surface area contributed by atoms with Gasteiger partial charge in [-0.15, -0.1) is 0 Å². The van der Waals surface area contributed by atoms with E-state index in [0.29, 0.717) is 17.1 Å². The van der Waals surface area contributed by atoms with Crippen LogP contribution in [0.5, 0.6) is 0 Å². The van der Waals surface area contributed by atoms with Crippen molar-refractivity contribution in [2.45, 2.75) is 0 Å². The molecule has 0 radical (unpaired) electrons. The van der Waals surface area contributed by atoms with E-state index in [1.807, 2.05) is 0 Å². The maximum absolute atomic E-state index is 13.3. The number of hydrogen-bond acceptors (Lipinski definition) is 2. The van der Waals surface area contributed by atoms with E-state index < -0.39 is 16.0 Å². The molecule has 1 aliphatic heterocycles. The zero-order chi connectivity index (χ0) is 12.8. The van der Waals surface area contributed by atoms with Gasteiger partial charge in [-0.3, -0.25) is 4.72 Å². The predicted octanol–water partition coefficient (Wildman–Crippen LogP) is 2.63. The molecule has 92 valence electrons. The number of para-hydroxylation sites is 1. The lowest BCUT2D eigenvalue weighted by atomic mass is 10.2. The summed E-state index contributed by atoms with van der Waals surface area (Å²) < 4.78 is 40.8. The first-order chi connectivity index (χ1) is 8.58. The van der Waals surface area contributed by atoms with E-state index in [9.17, 15) is 12.8 Å². The van der Waals surface area contributed by atoms with E-state index in [1.165, 1.54) is 18.2 Å². The fraction of sp³-hybridized carbons (Fsp3) is 0. The summed E-state index contributed by atoms with van der Waals surface area (Å²) in [6.45, 7) is 0. The molecule has 0 atom stereocenters. The van der Waals surface area contributed by atoms with Crippen molar-refractivity contribution in [1.29, 1.82) is 0 Å². The highest BCUT2D eigenvalue weighted by Crippen LogP contribution is 2.41. The maximum atomic E-state index is 13.3. The molecule has 2 aromatic rings. The Kier molecular flexibility index (Phi) is 2.27. The Morgan fingerprint density at radius 1 is 1.06 bits per heavy atom. The first kappa shape index (κ1) is 11.0. The molecule has 0 aromatic heterocycles. The molecule has 0 amide bonds. The third-order valence-corrected chi connectivity index (χ3v) is 4.01. The molecule has 0 spiro atoms. The monoisotopic (exact) mass is 264 g/mol. The topological polar surface area (TPSA) is 49.4 Å². The van der Waals surface area contributed by atoms with Crippen LogP contribution in [0, 0.1) is 5.82 Å². The average molecular weight is 264 g/mol. The van der Waals surface area contributed by atoms with Crippen LogP contribution < -0.4 is 9.03 Å². The van der Waals surface area contributed by atoms with E-state index in [1.54, 1.807) is 30.3 Å². The van der Waals surface area contributed by atoms with E-state index in [4.69, 9.17) is 0 Å². The van der Waals surface area contributed by atoms with Crippen LogP contribution >= 0.6 is 0 Å². The standard InChI is InChI=1S/C12H9FN2O2S/c13-9-6-7-11-12(8-9)15(18(16,17)14-11)10-4-2-1-3-5-10/h1-8,14H. The Bertz CT molecular complexity index is 701. The minimum Gasteiger partial charge on any atom is -0.264 e. The lowest BCUT2D eigenvalue weighted by Crippen LogP contribution is -2.25. The normalized spacial score (nSPS) is 16.2. The van der Waals surface area contributed by atoms with Gasteiger partial charge in [-0.2, -0.15) is 8.42 Å². The summed E-state index contributed by atoms with van der Waals surface area (Å²) in [6.07, 6.45) is 0. The second-order valence-electron chi connectivity index (χ2n) is 3.87. The van der Waals surface area contributed by atoms with E-state index in [-0.39, 0.29) is 0 Å². The Labute approximate surface area is 104 Å². The van der Waals surface area contributed by atoms with Gasteiger partial charge in [0.25, 0.3) is 0 Å². The van der Waals surface area contributed by atoms with Crippen molar-refractivity contribution in [3.8, 4) is 0 Å². The van der Waals surface area contributed by atoms with Gasteiger partial charge < -0.3 is 0 Å². The highest BCUT2D eigenvalue weighted by molar-refractivity contribution is 7.95. The summed E-state index contributed by atoms with van der Waals surface area (Å²) in [5.41, 5.74) is 1.14. The summed E-state index contributed by atoms with van der Waals surface area (Å²) in [5, 5.41) is 0. The molecule has 0 bridgehead atoms. The van der Waals surface area contributed by atoms with Gasteiger partial charge >= 0.3 is 10.2 Å². The molecule has 1 aliphatic rings. The van der Waals surface area contributed by atoms with Crippen LogP contribution in [0.1, 0.15) is 0 Å². The molecule has 1 heterocycles. The van der Waals surface area contributed by atoms with Gasteiger partial charge in [0.2, 0.25) is 0 Å². The fourth-order valence-electron chi connectivity index (χ4n) is 1.91. The Balaban J connectivity index is 2.23. The van der Waals surface area contributed by atoms with Crippen molar-refractivity contribution in [3.05, 3.63) is 54.3 Å². The van der Waals surface area contributed by atoms with Gasteiger partial charge in [-0.25, -0.2) is 8.70 Å². The molecule has 4 nitrogen and oxygen atoms in total. The second kappa shape index (κ2) is 3.71. The number of halogens is 1. The van der Waals surface area contributed by atoms with Gasteiger partial charge in [0, 0.05) is 6.07 Å². The van der Waals surface area contributed by atoms with Crippen LogP contribution in [0.25, 0.3) is 0 Å². The summed E-state index contributed by atoms with van der Waals surface area (Å²) in [6, 6.07) is 12.4. The summed E-state index contributed by atoms with van der Waals surface area (Å²) in [4.78, 5) is 0. The molecular formula is C12H9FN2O2S. The van der Waals surface area contributed by atoms with Crippen molar-refractivity contribution in [1.82, 2.24) is 0 Å². The van der Waals surface area contributed by atoms with Crippen molar-refractivity contribution >= 4 is 27.3 Å². The molecule has 0 aliphatic carbocycles. The van der Waals surface area contributed by atoms with Gasteiger partial charge in [-0.1, -0.05) is 18.2 Å². The first-order valence-corrected chi connectivity index (χ1v) is 6.70. The molecule has 18 heavy (non-hydrogen) atoms. The van der Waals surface area contributed by atoms with Gasteiger partial charge in [0.15, 0.2) is 0 Å². The smallest absolute Gasteiger partial charge is 0.264 e. The Hall–Kier alpha value is -2.08. The van der Waals surface area contributed by atoms with Crippen molar-refractivity contribution in [2.24, 2.45) is 0 Å². The largest absolute Gasteiger partial charge is 0.328 e. The molecule has 6 heteroatoms. The highest BCUT2D eigenvalue weighted by Gasteiger charge is 2.33. The molecule has 0 unspecified atom stereocenters. The third kappa shape index (κ3) is 1.62. The number of rotatable bonds is 1. The predicted molar refractivity (Wildman–Crippen MR) is 67.5 cm³/mol. The van der Waals surface area contributed by atoms with Crippen molar-refractivity contribution in [2.75, 3.05) is 9.03 Å². The van der Waals surface area contributed by atoms with Crippen LogP contribution in [0.2, 0.25) is 0 Å². The van der Waals surface area contributed by atoms with Crippen molar-refractivity contribution < 1.29 is 12.8 Å². The van der Waals surface area contributed by atoms with Gasteiger partial charge in [0.05, 0.1) is 17.1 Å². The number of anilines is 3. The minimum atomic E-state index is -3.70. The molecule has 1 N–H and O–H groups in total. The molecule has 0 saturated carbocycles. The average Bonchev–Trinajstić information content (AvgIpc) is 2.60. The van der Waals surface area contributed by atoms with Crippen LogP contribution in [0.4, 0.5) is 21.5 Å². The van der Waals surface area contributed by atoms with E-state index in [0.717, 1.165) is 4.31 Å². The molecule has 2 aromatic carbocycles. The number of nitrogens with zero attached hydrogens (tertiary/aromatic N) is 1. The maximum Gasteiger partial charge on any atom is 0.328 e. The fourth-order valence-corrected chi connectivity index (χ4v) is 3.27. The molecule has 3 rings (SSSR count). The summed E-state index contributed by atoms with van der Waals surface area (Å²) in [5.74, 6) is -0.478. The van der Waals surface area contributed by atoms with Crippen LogP contribution in [-0.2, 0) is 10.2 Å². The highest BCUT2D eigenvalue weighted by atomic mass is 32.2. The van der Waals surface area contributed by atoms with Crippen molar-refractivity contribution in [3.63, 3.8) is 0 Å². The zero-order valence-electron chi connectivity index (χ0n) is 9.17. The lowest BCUT2D eigenvalue weighted by Gasteiger charge is -2.16. The second-order valence-corrected chi connectivity index (χ2v) is 5.39. The van der Waals surface area contributed by atoms with Crippen LogP contribution in [0.3, 0.4) is 0 Å². The number of benzene rings is 2. The molecule has 0 fully saturated rings. The Morgan fingerprint density at radius 2 is 1.78 bits per heavy atom. The number of fused-ring (bicyclic) bond motifs is 1. The summed E-state index contributed by atoms with van der Waals surface area (Å²) >= 11 is 0.